The summed E-state index contributed by atoms with van der Waals surface area (Å²) in [5.41, 5.74) is 3.92. The molecule has 1 aromatic carbocycles. The zero-order valence-electron chi connectivity index (χ0n) is 16.7. The highest BCUT2D eigenvalue weighted by molar-refractivity contribution is 7.99. The Morgan fingerprint density at radius 3 is 2.86 bits per heavy atom. The van der Waals surface area contributed by atoms with Crippen LogP contribution in [0.1, 0.15) is 35.8 Å². The third kappa shape index (κ3) is 4.73. The topological polar surface area (TPSA) is 59.8 Å². The molecular formula is C22H26N4OS2. The highest BCUT2D eigenvalue weighted by atomic mass is 32.2. The lowest BCUT2D eigenvalue weighted by Crippen LogP contribution is -2.27. The summed E-state index contributed by atoms with van der Waals surface area (Å²) in [6, 6.07) is 10.2. The average molecular weight is 427 g/mol. The maximum absolute atomic E-state index is 12.2. The molecule has 0 saturated heterocycles. The summed E-state index contributed by atoms with van der Waals surface area (Å²) in [6.07, 6.45) is 5.70. The number of carbonyl (C=O) groups is 1. The van der Waals surface area contributed by atoms with Gasteiger partial charge in [-0.1, -0.05) is 42.1 Å². The van der Waals surface area contributed by atoms with Crippen molar-refractivity contribution in [2.75, 3.05) is 12.3 Å². The SMILES string of the molecule is CCn1c(SCC(=O)NCCc2ccccc2)nnc1-c1csc2c1CCCC2. The van der Waals surface area contributed by atoms with E-state index in [1.54, 1.807) is 0 Å². The molecule has 1 amide bonds. The molecule has 2 heterocycles. The number of aromatic nitrogens is 3. The van der Waals surface area contributed by atoms with Gasteiger partial charge in [0, 0.05) is 28.9 Å². The third-order valence-corrected chi connectivity index (χ3v) is 7.30. The molecule has 7 heteroatoms. The van der Waals surface area contributed by atoms with Crippen LogP contribution in [0.15, 0.2) is 40.9 Å². The van der Waals surface area contributed by atoms with Gasteiger partial charge in [-0.3, -0.25) is 4.79 Å². The van der Waals surface area contributed by atoms with E-state index in [-0.39, 0.29) is 5.91 Å². The first-order valence-corrected chi connectivity index (χ1v) is 12.1. The molecule has 0 spiro atoms. The first-order chi connectivity index (χ1) is 14.3. The standard InChI is InChI=1S/C22H26N4OS2/c1-2-26-21(18-14-28-19-11-7-6-10-17(18)19)24-25-22(26)29-15-20(27)23-13-12-16-8-4-3-5-9-16/h3-5,8-9,14H,2,6-7,10-13,15H2,1H3,(H,23,27). The molecule has 4 rings (SSSR count). The Bertz CT molecular complexity index is 965. The molecule has 152 valence electrons. The van der Waals surface area contributed by atoms with E-state index in [1.165, 1.54) is 52.6 Å². The predicted molar refractivity (Wildman–Crippen MR) is 120 cm³/mol. The van der Waals surface area contributed by atoms with Crippen LogP contribution in [0.2, 0.25) is 0 Å². The largest absolute Gasteiger partial charge is 0.355 e. The number of thioether (sulfide) groups is 1. The van der Waals surface area contributed by atoms with Crippen LogP contribution in [0.25, 0.3) is 11.4 Å². The number of fused-ring (bicyclic) bond motifs is 1. The summed E-state index contributed by atoms with van der Waals surface area (Å²) < 4.78 is 2.14. The van der Waals surface area contributed by atoms with Crippen molar-refractivity contribution in [3.05, 3.63) is 51.7 Å². The molecule has 1 N–H and O–H groups in total. The first kappa shape index (κ1) is 20.2. The number of benzene rings is 1. The predicted octanol–water partition coefficient (Wildman–Crippen LogP) is 4.36. The molecule has 0 bridgehead atoms. The fourth-order valence-electron chi connectivity index (χ4n) is 3.73. The number of amides is 1. The zero-order valence-corrected chi connectivity index (χ0v) is 18.3. The Hall–Kier alpha value is -2.12. The first-order valence-electron chi connectivity index (χ1n) is 10.2. The second-order valence-electron chi connectivity index (χ2n) is 7.18. The van der Waals surface area contributed by atoms with E-state index >= 15 is 0 Å². The van der Waals surface area contributed by atoms with Crippen LogP contribution in [0.4, 0.5) is 0 Å². The van der Waals surface area contributed by atoms with Crippen LogP contribution < -0.4 is 5.32 Å². The second-order valence-corrected chi connectivity index (χ2v) is 9.09. The number of thiophene rings is 1. The summed E-state index contributed by atoms with van der Waals surface area (Å²) in [4.78, 5) is 13.7. The summed E-state index contributed by atoms with van der Waals surface area (Å²) in [5, 5.41) is 14.9. The van der Waals surface area contributed by atoms with Gasteiger partial charge in [0.15, 0.2) is 11.0 Å². The van der Waals surface area contributed by atoms with Gasteiger partial charge < -0.3 is 9.88 Å². The van der Waals surface area contributed by atoms with E-state index in [0.717, 1.165) is 30.4 Å². The lowest BCUT2D eigenvalue weighted by atomic mass is 9.96. The van der Waals surface area contributed by atoms with E-state index in [1.807, 2.05) is 29.5 Å². The highest BCUT2D eigenvalue weighted by Crippen LogP contribution is 2.36. The highest BCUT2D eigenvalue weighted by Gasteiger charge is 2.22. The van der Waals surface area contributed by atoms with E-state index in [9.17, 15) is 4.79 Å². The number of nitrogens with zero attached hydrogens (tertiary/aromatic N) is 3. The molecular weight excluding hydrogens is 400 g/mol. The summed E-state index contributed by atoms with van der Waals surface area (Å²) in [5.74, 6) is 1.33. The lowest BCUT2D eigenvalue weighted by Gasteiger charge is -2.13. The van der Waals surface area contributed by atoms with Crippen molar-refractivity contribution in [2.24, 2.45) is 0 Å². The van der Waals surface area contributed by atoms with Gasteiger partial charge in [-0.15, -0.1) is 21.5 Å². The van der Waals surface area contributed by atoms with Gasteiger partial charge in [0.25, 0.3) is 0 Å². The van der Waals surface area contributed by atoms with E-state index in [0.29, 0.717) is 12.3 Å². The van der Waals surface area contributed by atoms with Gasteiger partial charge in [-0.2, -0.15) is 0 Å². The molecule has 0 unspecified atom stereocenters. The number of rotatable bonds is 8. The van der Waals surface area contributed by atoms with E-state index in [2.05, 4.69) is 44.5 Å². The molecule has 1 aliphatic rings. The van der Waals surface area contributed by atoms with Crippen LogP contribution in [0.5, 0.6) is 0 Å². The van der Waals surface area contributed by atoms with Crippen molar-refractivity contribution in [1.82, 2.24) is 20.1 Å². The van der Waals surface area contributed by atoms with Crippen molar-refractivity contribution in [3.63, 3.8) is 0 Å². The summed E-state index contributed by atoms with van der Waals surface area (Å²) >= 11 is 3.31. The van der Waals surface area contributed by atoms with Crippen LogP contribution in [-0.2, 0) is 30.6 Å². The van der Waals surface area contributed by atoms with Crippen LogP contribution in [0, 0.1) is 0 Å². The normalized spacial score (nSPS) is 13.3. The Kier molecular flexibility index (Phi) is 6.67. The number of carbonyl (C=O) groups excluding carboxylic acids is 1. The summed E-state index contributed by atoms with van der Waals surface area (Å²) in [6.45, 7) is 3.55. The third-order valence-electron chi connectivity index (χ3n) is 5.25. The van der Waals surface area contributed by atoms with Crippen molar-refractivity contribution < 1.29 is 4.79 Å². The number of aryl methyl sites for hydroxylation is 1. The van der Waals surface area contributed by atoms with Gasteiger partial charge in [0.05, 0.1) is 5.75 Å². The smallest absolute Gasteiger partial charge is 0.230 e. The monoisotopic (exact) mass is 426 g/mol. The van der Waals surface area contributed by atoms with Gasteiger partial charge in [0.2, 0.25) is 5.91 Å². The summed E-state index contributed by atoms with van der Waals surface area (Å²) in [7, 11) is 0. The Labute approximate surface area is 179 Å². The zero-order chi connectivity index (χ0) is 20.1. The van der Waals surface area contributed by atoms with E-state index in [4.69, 9.17) is 0 Å². The minimum absolute atomic E-state index is 0.0334. The Morgan fingerprint density at radius 2 is 2.03 bits per heavy atom. The molecule has 0 aliphatic heterocycles. The van der Waals surface area contributed by atoms with Gasteiger partial charge in [0.1, 0.15) is 0 Å². The Morgan fingerprint density at radius 1 is 1.21 bits per heavy atom. The molecule has 0 atom stereocenters. The number of hydrogen-bond donors (Lipinski definition) is 1. The molecule has 0 radical (unpaired) electrons. The van der Waals surface area contributed by atoms with Crippen molar-refractivity contribution in [1.29, 1.82) is 0 Å². The molecule has 0 saturated carbocycles. The fraction of sp³-hybridized carbons (Fsp3) is 0.409. The molecule has 29 heavy (non-hydrogen) atoms. The minimum atomic E-state index is 0.0334. The fourth-order valence-corrected chi connectivity index (χ4v) is 5.69. The minimum Gasteiger partial charge on any atom is -0.355 e. The van der Waals surface area contributed by atoms with E-state index < -0.39 is 0 Å². The lowest BCUT2D eigenvalue weighted by molar-refractivity contribution is -0.118. The molecule has 1 aliphatic carbocycles. The molecule has 0 fully saturated rings. The quantitative estimate of drug-likeness (QED) is 0.544. The van der Waals surface area contributed by atoms with Crippen LogP contribution in [0.3, 0.4) is 0 Å². The second kappa shape index (κ2) is 9.59. The van der Waals surface area contributed by atoms with Crippen molar-refractivity contribution >= 4 is 29.0 Å². The maximum atomic E-state index is 12.2. The average Bonchev–Trinajstić information content (AvgIpc) is 3.36. The number of hydrogen-bond acceptors (Lipinski definition) is 5. The molecule has 2 aromatic heterocycles. The number of nitrogens with one attached hydrogen (secondary N) is 1. The van der Waals surface area contributed by atoms with Gasteiger partial charge >= 0.3 is 0 Å². The maximum Gasteiger partial charge on any atom is 0.230 e. The van der Waals surface area contributed by atoms with Crippen molar-refractivity contribution in [2.45, 2.75) is 50.7 Å². The van der Waals surface area contributed by atoms with Crippen LogP contribution in [-0.4, -0.2) is 33.0 Å². The van der Waals surface area contributed by atoms with Gasteiger partial charge in [-0.05, 0) is 50.2 Å². The molecule has 5 nitrogen and oxygen atoms in total. The van der Waals surface area contributed by atoms with Gasteiger partial charge in [-0.25, -0.2) is 0 Å². The Balaban J connectivity index is 1.36. The van der Waals surface area contributed by atoms with Crippen molar-refractivity contribution in [3.8, 4) is 11.4 Å². The molecule has 3 aromatic rings. The van der Waals surface area contributed by atoms with Crippen LogP contribution >= 0.6 is 23.1 Å².